The lowest BCUT2D eigenvalue weighted by molar-refractivity contribution is -0.137. The van der Waals surface area contributed by atoms with Gasteiger partial charge in [-0.25, -0.2) is 18.7 Å². The van der Waals surface area contributed by atoms with Crippen LogP contribution in [0.2, 0.25) is 5.15 Å². The van der Waals surface area contributed by atoms with Gasteiger partial charge in [-0.15, -0.1) is 0 Å². The number of nitrogens with one attached hydrogen (secondary N) is 1. The van der Waals surface area contributed by atoms with Crippen molar-refractivity contribution in [2.75, 3.05) is 16.8 Å². The molecule has 1 unspecified atom stereocenters. The van der Waals surface area contributed by atoms with Gasteiger partial charge in [0.15, 0.2) is 5.82 Å². The molecule has 0 saturated heterocycles. The van der Waals surface area contributed by atoms with E-state index in [2.05, 4.69) is 29.0 Å². The van der Waals surface area contributed by atoms with E-state index in [-0.39, 0.29) is 31.2 Å². The highest BCUT2D eigenvalue weighted by atomic mass is 35.5. The second-order valence-electron chi connectivity index (χ2n) is 9.27. The van der Waals surface area contributed by atoms with E-state index >= 15 is 0 Å². The van der Waals surface area contributed by atoms with Gasteiger partial charge < -0.3 is 15.3 Å². The van der Waals surface area contributed by atoms with Gasteiger partial charge in [0, 0.05) is 31.6 Å². The van der Waals surface area contributed by atoms with Crippen LogP contribution in [0.5, 0.6) is 0 Å². The Balaban J connectivity index is 2.00. The number of hydrogen-bond donors (Lipinski definition) is 2. The molecule has 2 heterocycles. The summed E-state index contributed by atoms with van der Waals surface area (Å²) in [6.45, 7) is 6.68. The molecular weight excluding hydrogens is 450 g/mol. The maximum atomic E-state index is 13.8. The molecule has 0 spiro atoms. The summed E-state index contributed by atoms with van der Waals surface area (Å²) in [5, 5.41) is 12.9. The molecule has 6 nitrogen and oxygen atoms in total. The number of alkyl halides is 2. The summed E-state index contributed by atoms with van der Waals surface area (Å²) in [4.78, 5) is 22.2. The topological polar surface area (TPSA) is 78.4 Å². The first-order valence-corrected chi connectivity index (χ1v) is 11.7. The van der Waals surface area contributed by atoms with Crippen LogP contribution in [0.3, 0.4) is 0 Å². The van der Waals surface area contributed by atoms with Crippen molar-refractivity contribution < 1.29 is 18.7 Å². The molecule has 1 aliphatic rings. The Morgan fingerprint density at radius 2 is 1.94 bits per heavy atom. The molecule has 1 saturated carbocycles. The monoisotopic (exact) mass is 480 g/mol. The van der Waals surface area contributed by atoms with Crippen molar-refractivity contribution in [1.29, 1.82) is 0 Å². The van der Waals surface area contributed by atoms with Crippen LogP contribution >= 0.6 is 11.6 Å². The Hall–Kier alpha value is -2.48. The molecule has 0 aromatic carbocycles. The number of pyridine rings is 2. The van der Waals surface area contributed by atoms with Gasteiger partial charge in [-0.05, 0) is 48.4 Å². The number of rotatable bonds is 9. The third-order valence-electron chi connectivity index (χ3n) is 5.91. The lowest BCUT2D eigenvalue weighted by Gasteiger charge is -2.39. The molecule has 2 aromatic rings. The molecule has 1 fully saturated rings. The van der Waals surface area contributed by atoms with E-state index in [0.717, 1.165) is 5.56 Å². The molecule has 0 bridgehead atoms. The quantitative estimate of drug-likeness (QED) is 0.399. The zero-order valence-electron chi connectivity index (χ0n) is 19.2. The first-order valence-electron chi connectivity index (χ1n) is 11.3. The van der Waals surface area contributed by atoms with Crippen LogP contribution in [0.4, 0.5) is 26.0 Å². The standard InChI is InChI=1S/C24H31ClF2N4O2/c1-15(2)14-31(19-6-8-24(26,27)9-7-19)23-20(30-18-4-5-21(25)28-13-18)11-17(12-29-23)16(3)10-22(32)33/h4-5,11-13,15-16,19,30H,6-10,14H2,1-3H3,(H,32,33). The summed E-state index contributed by atoms with van der Waals surface area (Å²) in [7, 11) is 0. The summed E-state index contributed by atoms with van der Waals surface area (Å²) in [6, 6.07) is 5.31. The predicted molar refractivity (Wildman–Crippen MR) is 127 cm³/mol. The lowest BCUT2D eigenvalue weighted by Crippen LogP contribution is -2.43. The average Bonchev–Trinajstić information content (AvgIpc) is 2.73. The number of carboxylic acid groups (broad SMARTS) is 1. The van der Waals surface area contributed by atoms with Gasteiger partial charge in [-0.1, -0.05) is 32.4 Å². The highest BCUT2D eigenvalue weighted by Gasteiger charge is 2.38. The minimum atomic E-state index is -2.61. The van der Waals surface area contributed by atoms with Crippen molar-refractivity contribution in [3.05, 3.63) is 41.3 Å². The molecule has 33 heavy (non-hydrogen) atoms. The fourth-order valence-corrected chi connectivity index (χ4v) is 4.30. The molecule has 180 valence electrons. The predicted octanol–water partition coefficient (Wildman–Crippen LogP) is 6.49. The fraction of sp³-hybridized carbons (Fsp3) is 0.542. The Morgan fingerprint density at radius 1 is 1.24 bits per heavy atom. The third kappa shape index (κ3) is 7.00. The van der Waals surface area contributed by atoms with Crippen molar-refractivity contribution in [2.24, 2.45) is 5.92 Å². The SMILES string of the molecule is CC(C)CN(c1ncc(C(C)CC(=O)O)cc1Nc1ccc(Cl)nc1)C1CCC(F)(F)CC1. The van der Waals surface area contributed by atoms with E-state index in [9.17, 15) is 18.7 Å². The van der Waals surface area contributed by atoms with Gasteiger partial charge in [0.2, 0.25) is 5.92 Å². The number of nitrogens with zero attached hydrogens (tertiary/aromatic N) is 3. The molecule has 3 rings (SSSR count). The molecular formula is C24H31ClF2N4O2. The van der Waals surface area contributed by atoms with Gasteiger partial charge in [0.05, 0.1) is 24.0 Å². The number of carbonyl (C=O) groups is 1. The van der Waals surface area contributed by atoms with Crippen LogP contribution in [0.25, 0.3) is 0 Å². The number of anilines is 3. The summed E-state index contributed by atoms with van der Waals surface area (Å²) < 4.78 is 27.7. The van der Waals surface area contributed by atoms with Crippen molar-refractivity contribution in [3.63, 3.8) is 0 Å². The summed E-state index contributed by atoms with van der Waals surface area (Å²) in [5.74, 6) is -2.77. The van der Waals surface area contributed by atoms with E-state index < -0.39 is 11.9 Å². The highest BCUT2D eigenvalue weighted by Crippen LogP contribution is 2.39. The fourth-order valence-electron chi connectivity index (χ4n) is 4.19. The normalized spacial score (nSPS) is 17.1. The summed E-state index contributed by atoms with van der Waals surface area (Å²) in [6.07, 6.45) is 3.79. The van der Waals surface area contributed by atoms with Crippen molar-refractivity contribution in [2.45, 2.75) is 70.8 Å². The van der Waals surface area contributed by atoms with Crippen LogP contribution in [-0.4, -0.2) is 39.6 Å². The summed E-state index contributed by atoms with van der Waals surface area (Å²) in [5.41, 5.74) is 2.17. The van der Waals surface area contributed by atoms with Gasteiger partial charge in [0.1, 0.15) is 5.15 Å². The maximum Gasteiger partial charge on any atom is 0.303 e. The molecule has 2 N–H and O–H groups in total. The van der Waals surface area contributed by atoms with Crippen LogP contribution in [0.1, 0.15) is 64.4 Å². The number of carboxylic acids is 1. The first kappa shape index (κ1) is 25.1. The molecule has 0 amide bonds. The second-order valence-corrected chi connectivity index (χ2v) is 9.65. The van der Waals surface area contributed by atoms with E-state index in [0.29, 0.717) is 47.7 Å². The van der Waals surface area contributed by atoms with Crippen LogP contribution < -0.4 is 10.2 Å². The first-order chi connectivity index (χ1) is 15.5. The van der Waals surface area contributed by atoms with E-state index in [1.807, 2.05) is 13.0 Å². The highest BCUT2D eigenvalue weighted by molar-refractivity contribution is 6.29. The molecule has 9 heteroatoms. The average molecular weight is 481 g/mol. The number of hydrogen-bond acceptors (Lipinski definition) is 5. The molecule has 0 radical (unpaired) electrons. The molecule has 2 aromatic heterocycles. The van der Waals surface area contributed by atoms with Gasteiger partial charge >= 0.3 is 5.97 Å². The van der Waals surface area contributed by atoms with Crippen molar-refractivity contribution >= 4 is 34.8 Å². The lowest BCUT2D eigenvalue weighted by atomic mass is 9.90. The maximum absolute atomic E-state index is 13.8. The largest absolute Gasteiger partial charge is 0.481 e. The smallest absolute Gasteiger partial charge is 0.303 e. The zero-order valence-corrected chi connectivity index (χ0v) is 19.9. The zero-order chi connectivity index (χ0) is 24.2. The summed E-state index contributed by atoms with van der Waals surface area (Å²) >= 11 is 5.92. The number of halogens is 3. The van der Waals surface area contributed by atoms with Crippen molar-refractivity contribution in [3.8, 4) is 0 Å². The number of aromatic nitrogens is 2. The Kier molecular flexibility index (Phi) is 8.10. The van der Waals surface area contributed by atoms with Gasteiger partial charge in [0.25, 0.3) is 0 Å². The number of aliphatic carboxylic acids is 1. The molecule has 1 atom stereocenters. The molecule has 0 aliphatic heterocycles. The second kappa shape index (κ2) is 10.6. The Morgan fingerprint density at radius 3 is 2.52 bits per heavy atom. The van der Waals surface area contributed by atoms with Crippen molar-refractivity contribution in [1.82, 2.24) is 9.97 Å². The van der Waals surface area contributed by atoms with E-state index in [1.54, 1.807) is 24.5 Å². The Labute approximate surface area is 198 Å². The minimum Gasteiger partial charge on any atom is -0.481 e. The van der Waals surface area contributed by atoms with E-state index in [4.69, 9.17) is 16.6 Å². The van der Waals surface area contributed by atoms with Gasteiger partial charge in [-0.2, -0.15) is 0 Å². The van der Waals surface area contributed by atoms with Crippen LogP contribution in [-0.2, 0) is 4.79 Å². The van der Waals surface area contributed by atoms with Crippen LogP contribution in [0, 0.1) is 5.92 Å². The Bertz CT molecular complexity index is 946. The van der Waals surface area contributed by atoms with Crippen LogP contribution in [0.15, 0.2) is 30.6 Å². The van der Waals surface area contributed by atoms with E-state index in [1.165, 1.54) is 0 Å². The minimum absolute atomic E-state index is 0.0175. The van der Waals surface area contributed by atoms with Gasteiger partial charge in [-0.3, -0.25) is 4.79 Å². The third-order valence-corrected chi connectivity index (χ3v) is 6.13. The molecule has 1 aliphatic carbocycles.